The monoisotopic (exact) mass is 284 g/mol. The molecule has 0 aliphatic heterocycles. The summed E-state index contributed by atoms with van der Waals surface area (Å²) in [5.41, 5.74) is 6.70. The van der Waals surface area contributed by atoms with E-state index in [-0.39, 0.29) is 16.9 Å². The summed E-state index contributed by atoms with van der Waals surface area (Å²) in [4.78, 5) is 15.9. The highest BCUT2D eigenvalue weighted by molar-refractivity contribution is 6.31. The van der Waals surface area contributed by atoms with E-state index in [1.165, 1.54) is 16.7 Å². The Bertz CT molecular complexity index is 640. The summed E-state index contributed by atoms with van der Waals surface area (Å²) >= 11 is 5.76. The van der Waals surface area contributed by atoms with E-state index < -0.39 is 11.9 Å². The van der Waals surface area contributed by atoms with Crippen molar-refractivity contribution in [2.24, 2.45) is 0 Å². The van der Waals surface area contributed by atoms with Gasteiger partial charge in [-0.3, -0.25) is 9.36 Å². The van der Waals surface area contributed by atoms with Gasteiger partial charge < -0.3 is 11.1 Å². The number of nitrogens with zero attached hydrogens (tertiary/aromatic N) is 2. The summed E-state index contributed by atoms with van der Waals surface area (Å²) in [6, 6.07) is 2.08. The number of carbonyl (C=O) groups is 1. The first-order chi connectivity index (χ1) is 8.95. The number of nitrogens with one attached hydrogen (secondary N) is 1. The minimum Gasteiger partial charge on any atom is -0.369 e. The van der Waals surface area contributed by atoms with Crippen LogP contribution in [0.15, 0.2) is 12.1 Å². The van der Waals surface area contributed by atoms with E-state index in [4.69, 9.17) is 17.3 Å². The molecular formula is C12H14ClFN4O. The van der Waals surface area contributed by atoms with Gasteiger partial charge in [0.25, 0.3) is 0 Å². The van der Waals surface area contributed by atoms with Gasteiger partial charge in [-0.2, -0.15) is 0 Å². The molecule has 7 heteroatoms. The molecule has 1 heterocycles. The van der Waals surface area contributed by atoms with Crippen molar-refractivity contribution in [1.29, 1.82) is 0 Å². The zero-order valence-corrected chi connectivity index (χ0v) is 11.3. The number of fused-ring (bicyclic) bond motifs is 1. The van der Waals surface area contributed by atoms with Gasteiger partial charge >= 0.3 is 0 Å². The topological polar surface area (TPSA) is 72.9 Å². The van der Waals surface area contributed by atoms with Crippen LogP contribution in [0.25, 0.3) is 11.0 Å². The molecular weight excluding hydrogens is 271 g/mol. The normalized spacial score (nSPS) is 12.6. The van der Waals surface area contributed by atoms with Crippen molar-refractivity contribution in [3.63, 3.8) is 0 Å². The van der Waals surface area contributed by atoms with E-state index in [0.717, 1.165) is 0 Å². The zero-order valence-electron chi connectivity index (χ0n) is 10.6. The Morgan fingerprint density at radius 1 is 1.63 bits per heavy atom. The van der Waals surface area contributed by atoms with Gasteiger partial charge in [0.2, 0.25) is 11.9 Å². The van der Waals surface area contributed by atoms with Crippen LogP contribution < -0.4 is 11.1 Å². The highest BCUT2D eigenvalue weighted by atomic mass is 35.5. The number of nitrogens with two attached hydrogens (primary N) is 1. The predicted octanol–water partition coefficient (Wildman–Crippen LogP) is 2.11. The summed E-state index contributed by atoms with van der Waals surface area (Å²) in [5, 5.41) is 2.67. The lowest BCUT2D eigenvalue weighted by Crippen LogP contribution is -2.31. The van der Waals surface area contributed by atoms with Crippen molar-refractivity contribution >= 4 is 34.5 Å². The van der Waals surface area contributed by atoms with Crippen molar-refractivity contribution in [3.8, 4) is 0 Å². The van der Waals surface area contributed by atoms with Crippen molar-refractivity contribution < 1.29 is 9.18 Å². The largest absolute Gasteiger partial charge is 0.369 e. The average molecular weight is 285 g/mol. The van der Waals surface area contributed by atoms with Gasteiger partial charge in [0.15, 0.2) is 0 Å². The summed E-state index contributed by atoms with van der Waals surface area (Å²) < 4.78 is 14.9. The SMILES string of the molecule is CCNC(=O)C(C)n1c(N)nc2cc(F)c(Cl)cc21. The molecule has 19 heavy (non-hydrogen) atoms. The summed E-state index contributed by atoms with van der Waals surface area (Å²) in [7, 11) is 0. The molecule has 102 valence electrons. The smallest absolute Gasteiger partial charge is 0.242 e. The van der Waals surface area contributed by atoms with Gasteiger partial charge in [-0.1, -0.05) is 11.6 Å². The third-order valence-electron chi connectivity index (χ3n) is 2.88. The maximum absolute atomic E-state index is 13.4. The lowest BCUT2D eigenvalue weighted by atomic mass is 10.2. The van der Waals surface area contributed by atoms with Crippen LogP contribution in [0.3, 0.4) is 0 Å². The number of carbonyl (C=O) groups excluding carboxylic acids is 1. The number of hydrogen-bond donors (Lipinski definition) is 2. The van der Waals surface area contributed by atoms with Crippen LogP contribution in [0.5, 0.6) is 0 Å². The first kappa shape index (κ1) is 13.6. The molecule has 0 saturated heterocycles. The van der Waals surface area contributed by atoms with Crippen LogP contribution in [-0.2, 0) is 4.79 Å². The first-order valence-corrected chi connectivity index (χ1v) is 6.23. The maximum atomic E-state index is 13.4. The Morgan fingerprint density at radius 2 is 2.32 bits per heavy atom. The Hall–Kier alpha value is -1.82. The fourth-order valence-electron chi connectivity index (χ4n) is 1.96. The lowest BCUT2D eigenvalue weighted by Gasteiger charge is -2.15. The number of aromatic nitrogens is 2. The Kier molecular flexibility index (Phi) is 3.61. The van der Waals surface area contributed by atoms with Crippen LogP contribution in [0.1, 0.15) is 19.9 Å². The molecule has 3 N–H and O–H groups in total. The number of hydrogen-bond acceptors (Lipinski definition) is 3. The molecule has 0 aliphatic rings. The first-order valence-electron chi connectivity index (χ1n) is 5.85. The second-order valence-corrected chi connectivity index (χ2v) is 4.57. The Morgan fingerprint density at radius 3 is 2.95 bits per heavy atom. The standard InChI is InChI=1S/C12H14ClFN4O/c1-3-16-11(19)6(2)18-10-4-7(13)8(14)5-9(10)17-12(18)15/h4-6H,3H2,1-2H3,(H2,15,17)(H,16,19). The highest BCUT2D eigenvalue weighted by Crippen LogP contribution is 2.27. The number of nitrogen functional groups attached to an aromatic ring is 1. The predicted molar refractivity (Wildman–Crippen MR) is 72.5 cm³/mol. The Balaban J connectivity index is 2.56. The summed E-state index contributed by atoms with van der Waals surface area (Å²) in [6.45, 7) is 4.04. The van der Waals surface area contributed by atoms with E-state index in [1.54, 1.807) is 6.92 Å². The molecule has 0 spiro atoms. The van der Waals surface area contributed by atoms with Crippen LogP contribution in [0.2, 0.25) is 5.02 Å². The molecule has 1 aromatic heterocycles. The molecule has 0 fully saturated rings. The minimum atomic E-state index is -0.565. The number of amides is 1. The number of likely N-dealkylation sites (N-methyl/N-ethyl adjacent to an activating group) is 1. The molecule has 1 amide bonds. The molecule has 0 saturated carbocycles. The molecule has 0 aliphatic carbocycles. The van der Waals surface area contributed by atoms with E-state index in [0.29, 0.717) is 17.6 Å². The van der Waals surface area contributed by atoms with Gasteiger partial charge in [0.1, 0.15) is 11.9 Å². The molecule has 0 bridgehead atoms. The quantitative estimate of drug-likeness (QED) is 0.906. The molecule has 5 nitrogen and oxygen atoms in total. The second-order valence-electron chi connectivity index (χ2n) is 4.17. The average Bonchev–Trinajstić information content (AvgIpc) is 2.65. The summed E-state index contributed by atoms with van der Waals surface area (Å²) in [5.74, 6) is -0.603. The van der Waals surface area contributed by atoms with Crippen LogP contribution >= 0.6 is 11.6 Å². The third-order valence-corrected chi connectivity index (χ3v) is 3.17. The number of benzene rings is 1. The van der Waals surface area contributed by atoms with Crippen LogP contribution in [-0.4, -0.2) is 22.0 Å². The molecule has 1 aromatic carbocycles. The Labute approximate surface area is 114 Å². The zero-order chi connectivity index (χ0) is 14.2. The lowest BCUT2D eigenvalue weighted by molar-refractivity contribution is -0.123. The number of imidazole rings is 1. The molecule has 1 atom stereocenters. The van der Waals surface area contributed by atoms with Gasteiger partial charge in [0.05, 0.1) is 16.1 Å². The number of halogens is 2. The van der Waals surface area contributed by atoms with E-state index in [1.807, 2.05) is 6.92 Å². The van der Waals surface area contributed by atoms with Crippen LogP contribution in [0.4, 0.5) is 10.3 Å². The number of anilines is 1. The van der Waals surface area contributed by atoms with Crippen molar-refractivity contribution in [3.05, 3.63) is 23.0 Å². The maximum Gasteiger partial charge on any atom is 0.242 e. The fourth-order valence-corrected chi connectivity index (χ4v) is 2.11. The van der Waals surface area contributed by atoms with E-state index in [2.05, 4.69) is 10.3 Å². The molecule has 1 unspecified atom stereocenters. The van der Waals surface area contributed by atoms with Crippen molar-refractivity contribution in [2.75, 3.05) is 12.3 Å². The molecule has 2 rings (SSSR count). The second kappa shape index (κ2) is 5.05. The minimum absolute atomic E-state index is 0.0308. The van der Waals surface area contributed by atoms with E-state index >= 15 is 0 Å². The third kappa shape index (κ3) is 2.35. The van der Waals surface area contributed by atoms with Gasteiger partial charge in [-0.15, -0.1) is 0 Å². The van der Waals surface area contributed by atoms with Gasteiger partial charge in [-0.25, -0.2) is 9.37 Å². The van der Waals surface area contributed by atoms with Crippen LogP contribution in [0, 0.1) is 5.82 Å². The molecule has 2 aromatic rings. The van der Waals surface area contributed by atoms with Gasteiger partial charge in [0, 0.05) is 12.6 Å². The summed E-state index contributed by atoms with van der Waals surface area (Å²) in [6.07, 6.45) is 0. The van der Waals surface area contributed by atoms with E-state index in [9.17, 15) is 9.18 Å². The molecule has 0 radical (unpaired) electrons. The highest BCUT2D eigenvalue weighted by Gasteiger charge is 2.20. The van der Waals surface area contributed by atoms with Gasteiger partial charge in [-0.05, 0) is 19.9 Å². The fraction of sp³-hybridized carbons (Fsp3) is 0.333. The van der Waals surface area contributed by atoms with Crippen molar-refractivity contribution in [1.82, 2.24) is 14.9 Å². The number of rotatable bonds is 3. The van der Waals surface area contributed by atoms with Crippen molar-refractivity contribution in [2.45, 2.75) is 19.9 Å².